The van der Waals surface area contributed by atoms with Crippen LogP contribution in [0.15, 0.2) is 91.0 Å². The van der Waals surface area contributed by atoms with E-state index in [0.717, 1.165) is 22.1 Å². The molecule has 5 rings (SSSR count). The lowest BCUT2D eigenvalue weighted by Crippen LogP contribution is -2.28. The molecule has 0 aromatic heterocycles. The molecule has 4 aromatic rings. The van der Waals surface area contributed by atoms with Gasteiger partial charge in [-0.25, -0.2) is 0 Å². The number of nitrogens with one attached hydrogen (secondary N) is 1. The highest BCUT2D eigenvalue weighted by Gasteiger charge is 2.36. The fourth-order valence-electron chi connectivity index (χ4n) is 4.33. The van der Waals surface area contributed by atoms with Gasteiger partial charge in [0, 0.05) is 29.7 Å². The Bertz CT molecular complexity index is 1440. The summed E-state index contributed by atoms with van der Waals surface area (Å²) in [6.07, 6.45) is 0.0331. The number of fused-ring (bicyclic) bond motifs is 1. The van der Waals surface area contributed by atoms with Gasteiger partial charge in [-0.2, -0.15) is 0 Å². The van der Waals surface area contributed by atoms with Crippen LogP contribution in [0.4, 0.5) is 11.4 Å². The topological polar surface area (TPSA) is 84.9 Å². The van der Waals surface area contributed by atoms with Crippen LogP contribution in [-0.2, 0) is 19.1 Å². The molecule has 2 amide bonds. The third kappa shape index (κ3) is 5.62. The molecule has 1 N–H and O–H groups in total. The van der Waals surface area contributed by atoms with Gasteiger partial charge < -0.3 is 19.7 Å². The summed E-state index contributed by atoms with van der Waals surface area (Å²) >= 11 is 0. The number of carbonyl (C=O) groups is 3. The number of hydrogen-bond acceptors (Lipinski definition) is 5. The van der Waals surface area contributed by atoms with Crippen LogP contribution >= 0.6 is 0 Å². The van der Waals surface area contributed by atoms with Crippen LogP contribution in [0.25, 0.3) is 10.8 Å². The largest absolute Gasteiger partial charge is 0.457 e. The van der Waals surface area contributed by atoms with E-state index >= 15 is 0 Å². The van der Waals surface area contributed by atoms with E-state index < -0.39 is 24.4 Å². The van der Waals surface area contributed by atoms with Crippen molar-refractivity contribution in [2.24, 2.45) is 5.92 Å². The van der Waals surface area contributed by atoms with Gasteiger partial charge >= 0.3 is 5.97 Å². The minimum atomic E-state index is -0.638. The lowest BCUT2D eigenvalue weighted by atomic mass is 10.1. The molecular formula is C30H26N2O5. The van der Waals surface area contributed by atoms with Crippen molar-refractivity contribution in [3.8, 4) is 11.5 Å². The second kappa shape index (κ2) is 10.5. The number of anilines is 2. The summed E-state index contributed by atoms with van der Waals surface area (Å²) in [4.78, 5) is 39.2. The summed E-state index contributed by atoms with van der Waals surface area (Å²) < 4.78 is 11.1. The van der Waals surface area contributed by atoms with Gasteiger partial charge in [0.15, 0.2) is 6.61 Å². The minimum Gasteiger partial charge on any atom is -0.457 e. The number of nitrogens with zero attached hydrogens (tertiary/aromatic N) is 1. The average Bonchev–Trinajstić information content (AvgIpc) is 3.31. The normalized spacial score (nSPS) is 15.0. The first-order chi connectivity index (χ1) is 18.0. The summed E-state index contributed by atoms with van der Waals surface area (Å²) in [5.74, 6) is -0.440. The number of hydrogen-bond donors (Lipinski definition) is 1. The molecule has 1 atom stereocenters. The maximum atomic E-state index is 12.6. The number of ether oxygens (including phenoxy) is 2. The molecule has 7 nitrogen and oxygen atoms in total. The maximum Gasteiger partial charge on any atom is 0.311 e. The fraction of sp³-hybridized carbons (Fsp3) is 0.167. The van der Waals surface area contributed by atoms with E-state index in [9.17, 15) is 14.4 Å². The molecule has 0 saturated carbocycles. The molecule has 7 heteroatoms. The van der Waals surface area contributed by atoms with Crippen LogP contribution in [0.2, 0.25) is 0 Å². The summed E-state index contributed by atoms with van der Waals surface area (Å²) in [7, 11) is 0. The molecule has 0 spiro atoms. The van der Waals surface area contributed by atoms with Crippen molar-refractivity contribution in [2.75, 3.05) is 23.4 Å². The minimum absolute atomic E-state index is 0.0331. The summed E-state index contributed by atoms with van der Waals surface area (Å²) in [6.45, 7) is 1.79. The zero-order valence-corrected chi connectivity index (χ0v) is 20.3. The predicted molar refractivity (Wildman–Crippen MR) is 142 cm³/mol. The summed E-state index contributed by atoms with van der Waals surface area (Å²) in [5, 5.41) is 4.69. The van der Waals surface area contributed by atoms with E-state index in [-0.39, 0.29) is 18.9 Å². The van der Waals surface area contributed by atoms with Crippen molar-refractivity contribution in [3.63, 3.8) is 0 Å². The lowest BCUT2D eigenvalue weighted by molar-refractivity contribution is -0.151. The molecule has 0 unspecified atom stereocenters. The molecule has 1 aliphatic heterocycles. The fourth-order valence-corrected chi connectivity index (χ4v) is 4.33. The average molecular weight is 495 g/mol. The molecule has 1 saturated heterocycles. The Morgan fingerprint density at radius 1 is 0.892 bits per heavy atom. The van der Waals surface area contributed by atoms with Crippen LogP contribution in [-0.4, -0.2) is 30.9 Å². The van der Waals surface area contributed by atoms with E-state index in [2.05, 4.69) is 5.32 Å². The third-order valence-corrected chi connectivity index (χ3v) is 6.27. The quantitative estimate of drug-likeness (QED) is 0.344. The van der Waals surface area contributed by atoms with E-state index in [0.29, 0.717) is 17.1 Å². The number of esters is 1. The van der Waals surface area contributed by atoms with Gasteiger partial charge in [0.05, 0.1) is 5.92 Å². The van der Waals surface area contributed by atoms with Crippen molar-refractivity contribution < 1.29 is 23.9 Å². The van der Waals surface area contributed by atoms with Gasteiger partial charge in [-0.05, 0) is 54.8 Å². The van der Waals surface area contributed by atoms with Gasteiger partial charge in [-0.3, -0.25) is 14.4 Å². The van der Waals surface area contributed by atoms with Crippen molar-refractivity contribution >= 4 is 39.9 Å². The SMILES string of the molecule is Cc1ccc(Oc2ccc(N3C[C@H](C(=O)OCC(=O)Nc4cccc5ccccc45)CC3=O)cc2)cc1. The zero-order chi connectivity index (χ0) is 25.8. The lowest BCUT2D eigenvalue weighted by Gasteiger charge is -2.17. The van der Waals surface area contributed by atoms with E-state index in [1.807, 2.05) is 67.6 Å². The molecule has 4 aromatic carbocycles. The molecule has 0 aliphatic carbocycles. The number of aryl methyl sites for hydroxylation is 1. The standard InChI is InChI=1S/C30H26N2O5/c1-20-9-13-24(14-10-20)37-25-15-11-23(12-16-25)32-18-22(17-29(32)34)30(35)36-19-28(33)31-27-8-4-6-21-5-2-3-7-26(21)27/h2-16,22H,17-19H2,1H3,(H,31,33)/t22-/m1/s1. The van der Waals surface area contributed by atoms with Crippen molar-refractivity contribution in [1.82, 2.24) is 0 Å². The summed E-state index contributed by atoms with van der Waals surface area (Å²) in [5.41, 5.74) is 2.47. The molecule has 1 fully saturated rings. The second-order valence-corrected chi connectivity index (χ2v) is 9.00. The number of amides is 2. The van der Waals surface area contributed by atoms with Crippen LogP contribution < -0.4 is 15.0 Å². The van der Waals surface area contributed by atoms with Crippen LogP contribution in [0, 0.1) is 12.8 Å². The monoisotopic (exact) mass is 494 g/mol. The predicted octanol–water partition coefficient (Wildman–Crippen LogP) is 5.48. The summed E-state index contributed by atoms with van der Waals surface area (Å²) in [6, 6.07) is 28.2. The number of rotatable bonds is 7. The van der Waals surface area contributed by atoms with Gasteiger partial charge in [-0.1, -0.05) is 54.1 Å². The highest BCUT2D eigenvalue weighted by molar-refractivity contribution is 6.03. The maximum absolute atomic E-state index is 12.6. The Morgan fingerprint density at radius 2 is 1.57 bits per heavy atom. The molecule has 0 radical (unpaired) electrons. The first-order valence-corrected chi connectivity index (χ1v) is 12.1. The first kappa shape index (κ1) is 24.1. The number of benzene rings is 4. The molecule has 1 aliphatic rings. The first-order valence-electron chi connectivity index (χ1n) is 12.1. The molecule has 37 heavy (non-hydrogen) atoms. The van der Waals surface area contributed by atoms with Crippen LogP contribution in [0.5, 0.6) is 11.5 Å². The van der Waals surface area contributed by atoms with Gasteiger partial charge in [-0.15, -0.1) is 0 Å². The molecular weight excluding hydrogens is 468 g/mol. The van der Waals surface area contributed by atoms with Crippen LogP contribution in [0.3, 0.4) is 0 Å². The molecule has 0 bridgehead atoms. The second-order valence-electron chi connectivity index (χ2n) is 9.00. The van der Waals surface area contributed by atoms with E-state index in [1.165, 1.54) is 0 Å². The molecule has 186 valence electrons. The highest BCUT2D eigenvalue weighted by Crippen LogP contribution is 2.29. The Kier molecular flexibility index (Phi) is 6.85. The highest BCUT2D eigenvalue weighted by atomic mass is 16.5. The van der Waals surface area contributed by atoms with Crippen molar-refractivity contribution in [3.05, 3.63) is 96.6 Å². The Balaban J connectivity index is 1.14. The number of carbonyl (C=O) groups excluding carboxylic acids is 3. The Labute approximate surface area is 214 Å². The molecule has 1 heterocycles. The van der Waals surface area contributed by atoms with E-state index in [4.69, 9.17) is 9.47 Å². The Hall–Kier alpha value is -4.65. The third-order valence-electron chi connectivity index (χ3n) is 6.27. The van der Waals surface area contributed by atoms with Crippen LogP contribution in [0.1, 0.15) is 12.0 Å². The van der Waals surface area contributed by atoms with Crippen molar-refractivity contribution in [2.45, 2.75) is 13.3 Å². The van der Waals surface area contributed by atoms with Gasteiger partial charge in [0.1, 0.15) is 11.5 Å². The van der Waals surface area contributed by atoms with Crippen molar-refractivity contribution in [1.29, 1.82) is 0 Å². The Morgan fingerprint density at radius 3 is 2.32 bits per heavy atom. The van der Waals surface area contributed by atoms with Gasteiger partial charge in [0.2, 0.25) is 5.91 Å². The van der Waals surface area contributed by atoms with Gasteiger partial charge in [0.25, 0.3) is 5.91 Å². The van der Waals surface area contributed by atoms with E-state index in [1.54, 1.807) is 35.2 Å². The smallest absolute Gasteiger partial charge is 0.311 e. The zero-order valence-electron chi connectivity index (χ0n) is 20.3.